The molecule has 1 fully saturated rings. The Labute approximate surface area is 108 Å². The van der Waals surface area contributed by atoms with Gasteiger partial charge in [-0.1, -0.05) is 0 Å². The summed E-state index contributed by atoms with van der Waals surface area (Å²) in [5.41, 5.74) is 2.11. The summed E-state index contributed by atoms with van der Waals surface area (Å²) in [7, 11) is 1.91. The van der Waals surface area contributed by atoms with Gasteiger partial charge in [0.05, 0.1) is 11.4 Å². The van der Waals surface area contributed by atoms with Crippen LogP contribution in [0.25, 0.3) is 11.1 Å². The van der Waals surface area contributed by atoms with Crippen molar-refractivity contribution in [3.05, 3.63) is 28.7 Å². The normalized spacial score (nSPS) is 21.5. The topological polar surface area (TPSA) is 86.5 Å². The zero-order valence-corrected chi connectivity index (χ0v) is 10.4. The summed E-state index contributed by atoms with van der Waals surface area (Å²) in [6.45, 7) is 0.699. The van der Waals surface area contributed by atoms with E-state index in [9.17, 15) is 9.59 Å². The van der Waals surface area contributed by atoms with Gasteiger partial charge in [-0.15, -0.1) is 0 Å². The lowest BCUT2D eigenvalue weighted by molar-refractivity contribution is -0.138. The molecular weight excluding hydrogens is 248 g/mol. The molecule has 0 bridgehead atoms. The van der Waals surface area contributed by atoms with Crippen molar-refractivity contribution >= 4 is 22.8 Å². The highest BCUT2D eigenvalue weighted by atomic mass is 16.4. The second-order valence-electron chi connectivity index (χ2n) is 5.02. The molecule has 2 atom stereocenters. The summed E-state index contributed by atoms with van der Waals surface area (Å²) in [6, 6.07) is 5.43. The van der Waals surface area contributed by atoms with E-state index in [-0.39, 0.29) is 11.8 Å². The second-order valence-corrected chi connectivity index (χ2v) is 5.02. The van der Waals surface area contributed by atoms with Crippen LogP contribution in [0.1, 0.15) is 6.42 Å². The molecule has 0 radical (unpaired) electrons. The molecule has 0 aliphatic heterocycles. The van der Waals surface area contributed by atoms with Crippen LogP contribution in [0, 0.1) is 11.8 Å². The summed E-state index contributed by atoms with van der Waals surface area (Å²) in [5.74, 6) is -1.18. The van der Waals surface area contributed by atoms with Gasteiger partial charge in [0.2, 0.25) is 0 Å². The standard InChI is InChI=1S/C13H14N2O4/c1-15(6-7-4-9(7)12(16)17)8-2-3-11-10(5-8)14-13(18)19-11/h2-3,5,7,9H,4,6H2,1H3,(H,14,18)(H,16,17). The molecule has 3 rings (SSSR count). The van der Waals surface area contributed by atoms with Gasteiger partial charge in [-0.25, -0.2) is 4.79 Å². The smallest absolute Gasteiger partial charge is 0.417 e. The minimum Gasteiger partial charge on any atom is -0.481 e. The van der Waals surface area contributed by atoms with Crippen molar-refractivity contribution in [2.75, 3.05) is 18.5 Å². The number of carboxylic acid groups (broad SMARTS) is 1. The first-order valence-corrected chi connectivity index (χ1v) is 6.11. The minimum absolute atomic E-state index is 0.208. The Bertz CT molecular complexity index is 687. The van der Waals surface area contributed by atoms with E-state index in [0.717, 1.165) is 12.1 Å². The number of H-pyrrole nitrogens is 1. The molecule has 2 aromatic rings. The average molecular weight is 262 g/mol. The SMILES string of the molecule is CN(CC1CC1C(=O)O)c1ccc2oc(=O)[nH]c2c1. The molecule has 0 spiro atoms. The van der Waals surface area contributed by atoms with E-state index in [1.54, 1.807) is 6.07 Å². The van der Waals surface area contributed by atoms with Crippen molar-refractivity contribution in [2.45, 2.75) is 6.42 Å². The van der Waals surface area contributed by atoms with Gasteiger partial charge in [0.15, 0.2) is 5.58 Å². The van der Waals surface area contributed by atoms with Crippen LogP contribution in [0.15, 0.2) is 27.4 Å². The second kappa shape index (κ2) is 4.15. The Kier molecular flexibility index (Phi) is 2.58. The number of rotatable bonds is 4. The Morgan fingerprint density at radius 1 is 1.58 bits per heavy atom. The molecule has 1 heterocycles. The van der Waals surface area contributed by atoms with E-state index in [2.05, 4.69) is 4.98 Å². The molecule has 2 unspecified atom stereocenters. The van der Waals surface area contributed by atoms with Crippen molar-refractivity contribution in [1.29, 1.82) is 0 Å². The predicted molar refractivity (Wildman–Crippen MR) is 69.3 cm³/mol. The van der Waals surface area contributed by atoms with Crippen LogP contribution in [0.4, 0.5) is 5.69 Å². The number of aromatic nitrogens is 1. The van der Waals surface area contributed by atoms with Crippen LogP contribution in [-0.2, 0) is 4.79 Å². The maximum Gasteiger partial charge on any atom is 0.417 e. The van der Waals surface area contributed by atoms with Crippen LogP contribution in [0.3, 0.4) is 0 Å². The molecule has 1 aliphatic rings. The number of hydrogen-bond acceptors (Lipinski definition) is 4. The molecule has 19 heavy (non-hydrogen) atoms. The van der Waals surface area contributed by atoms with E-state index in [0.29, 0.717) is 17.6 Å². The first-order valence-electron chi connectivity index (χ1n) is 6.11. The highest BCUT2D eigenvalue weighted by Crippen LogP contribution is 2.39. The van der Waals surface area contributed by atoms with Crippen molar-refractivity contribution in [3.8, 4) is 0 Å². The number of oxazole rings is 1. The number of aromatic amines is 1. The lowest BCUT2D eigenvalue weighted by Gasteiger charge is -2.18. The maximum absolute atomic E-state index is 11.1. The van der Waals surface area contributed by atoms with E-state index in [1.165, 1.54) is 0 Å². The minimum atomic E-state index is -0.715. The quantitative estimate of drug-likeness (QED) is 0.866. The number of nitrogens with zero attached hydrogens (tertiary/aromatic N) is 1. The van der Waals surface area contributed by atoms with Crippen molar-refractivity contribution in [2.24, 2.45) is 11.8 Å². The molecule has 100 valence electrons. The maximum atomic E-state index is 11.1. The van der Waals surface area contributed by atoms with Gasteiger partial charge in [-0.05, 0) is 30.5 Å². The van der Waals surface area contributed by atoms with E-state index in [4.69, 9.17) is 9.52 Å². The largest absolute Gasteiger partial charge is 0.481 e. The van der Waals surface area contributed by atoms with Gasteiger partial charge >= 0.3 is 11.7 Å². The summed E-state index contributed by atoms with van der Waals surface area (Å²) in [4.78, 5) is 26.5. The molecule has 0 amide bonds. The molecule has 6 nitrogen and oxygen atoms in total. The summed E-state index contributed by atoms with van der Waals surface area (Å²) in [5, 5.41) is 8.88. The summed E-state index contributed by atoms with van der Waals surface area (Å²) >= 11 is 0. The van der Waals surface area contributed by atoms with E-state index in [1.807, 2.05) is 24.1 Å². The van der Waals surface area contributed by atoms with Gasteiger partial charge in [-0.2, -0.15) is 0 Å². The Morgan fingerprint density at radius 2 is 2.37 bits per heavy atom. The van der Waals surface area contributed by atoms with Gasteiger partial charge in [0, 0.05) is 19.3 Å². The predicted octanol–water partition coefficient (Wildman–Crippen LogP) is 1.28. The zero-order valence-electron chi connectivity index (χ0n) is 10.4. The first-order chi connectivity index (χ1) is 9.04. The number of benzene rings is 1. The van der Waals surface area contributed by atoms with Crippen LogP contribution in [0.2, 0.25) is 0 Å². The highest BCUT2D eigenvalue weighted by molar-refractivity contribution is 5.77. The Balaban J connectivity index is 1.76. The van der Waals surface area contributed by atoms with Gasteiger partial charge in [0.1, 0.15) is 0 Å². The number of anilines is 1. The average Bonchev–Trinajstić information content (AvgIpc) is 3.01. The third-order valence-corrected chi connectivity index (χ3v) is 3.59. The lowest BCUT2D eigenvalue weighted by atomic mass is 10.2. The number of carboxylic acids is 1. The lowest BCUT2D eigenvalue weighted by Crippen LogP contribution is -2.21. The van der Waals surface area contributed by atoms with Crippen molar-refractivity contribution in [3.63, 3.8) is 0 Å². The number of aliphatic carboxylic acids is 1. The molecular formula is C13H14N2O4. The highest BCUT2D eigenvalue weighted by Gasteiger charge is 2.43. The Morgan fingerprint density at radius 3 is 3.05 bits per heavy atom. The van der Waals surface area contributed by atoms with Crippen molar-refractivity contribution in [1.82, 2.24) is 4.98 Å². The van der Waals surface area contributed by atoms with E-state index >= 15 is 0 Å². The molecule has 0 saturated heterocycles. The molecule has 6 heteroatoms. The first kappa shape index (κ1) is 11.8. The van der Waals surface area contributed by atoms with Gasteiger partial charge in [0.25, 0.3) is 0 Å². The number of fused-ring (bicyclic) bond motifs is 1. The third kappa shape index (κ3) is 2.21. The van der Waals surface area contributed by atoms with Crippen LogP contribution >= 0.6 is 0 Å². The molecule has 1 aliphatic carbocycles. The van der Waals surface area contributed by atoms with Crippen molar-refractivity contribution < 1.29 is 14.3 Å². The number of carbonyl (C=O) groups is 1. The fourth-order valence-corrected chi connectivity index (χ4v) is 2.39. The summed E-state index contributed by atoms with van der Waals surface area (Å²) in [6.07, 6.45) is 0.741. The van der Waals surface area contributed by atoms with Gasteiger partial charge in [-0.3, -0.25) is 9.78 Å². The van der Waals surface area contributed by atoms with Gasteiger partial charge < -0.3 is 14.4 Å². The number of nitrogens with one attached hydrogen (secondary N) is 1. The molecule has 1 aromatic carbocycles. The molecule has 1 saturated carbocycles. The zero-order chi connectivity index (χ0) is 13.6. The fraction of sp³-hybridized carbons (Fsp3) is 0.385. The Hall–Kier alpha value is -2.24. The van der Waals surface area contributed by atoms with Crippen LogP contribution in [-0.4, -0.2) is 29.7 Å². The van der Waals surface area contributed by atoms with Crippen LogP contribution < -0.4 is 10.7 Å². The molecule has 2 N–H and O–H groups in total. The number of hydrogen-bond donors (Lipinski definition) is 2. The van der Waals surface area contributed by atoms with Crippen LogP contribution in [0.5, 0.6) is 0 Å². The summed E-state index contributed by atoms with van der Waals surface area (Å²) < 4.78 is 4.94. The monoisotopic (exact) mass is 262 g/mol. The van der Waals surface area contributed by atoms with E-state index < -0.39 is 11.7 Å². The molecule has 1 aromatic heterocycles. The fourth-order valence-electron chi connectivity index (χ4n) is 2.39. The third-order valence-electron chi connectivity index (χ3n) is 3.59.